The molecule has 1 saturated heterocycles. The highest BCUT2D eigenvalue weighted by atomic mass is 127. The minimum absolute atomic E-state index is 0. The van der Waals surface area contributed by atoms with Gasteiger partial charge in [-0.2, -0.15) is 0 Å². The number of rotatable bonds is 11. The minimum Gasteiger partial charge on any atom is -0.497 e. The lowest BCUT2D eigenvalue weighted by molar-refractivity contribution is 0.0168. The molecule has 1 fully saturated rings. The number of nitrogens with zero attached hydrogens (tertiary/aromatic N) is 1. The topological polar surface area (TPSA) is 73.3 Å². The lowest BCUT2D eigenvalue weighted by atomic mass is 10.1. The Morgan fingerprint density at radius 2 is 2.04 bits per heavy atom. The van der Waals surface area contributed by atoms with Crippen LogP contribution >= 0.6 is 24.0 Å². The number of aliphatic imine (C=N–C) groups is 1. The van der Waals surface area contributed by atoms with Crippen LogP contribution in [0, 0.1) is 0 Å². The molecule has 160 valence electrons. The van der Waals surface area contributed by atoms with E-state index < -0.39 is 0 Å². The monoisotopic (exact) mass is 507 g/mol. The van der Waals surface area contributed by atoms with Crippen molar-refractivity contribution < 1.29 is 18.9 Å². The van der Waals surface area contributed by atoms with Crippen molar-refractivity contribution in [3.05, 3.63) is 23.8 Å². The van der Waals surface area contributed by atoms with Crippen LogP contribution in [-0.4, -0.2) is 66.2 Å². The predicted octanol–water partition coefficient (Wildman–Crippen LogP) is 2.62. The van der Waals surface area contributed by atoms with Gasteiger partial charge < -0.3 is 29.6 Å². The van der Waals surface area contributed by atoms with Gasteiger partial charge in [0.1, 0.15) is 11.5 Å². The SMILES string of the molecule is CN=C(NCCCOCC1CCCO1)NCCc1cc(OC)ccc1OC.I. The van der Waals surface area contributed by atoms with E-state index in [1.54, 1.807) is 21.3 Å². The average molecular weight is 507 g/mol. The summed E-state index contributed by atoms with van der Waals surface area (Å²) in [6.07, 6.45) is 4.30. The summed E-state index contributed by atoms with van der Waals surface area (Å²) in [5, 5.41) is 6.63. The molecule has 0 aliphatic carbocycles. The van der Waals surface area contributed by atoms with Crippen LogP contribution in [0.25, 0.3) is 0 Å². The van der Waals surface area contributed by atoms with Crippen molar-refractivity contribution in [3.63, 3.8) is 0 Å². The minimum atomic E-state index is 0. The van der Waals surface area contributed by atoms with Crippen molar-refractivity contribution in [2.75, 3.05) is 54.2 Å². The summed E-state index contributed by atoms with van der Waals surface area (Å²) in [6.45, 7) is 3.87. The summed E-state index contributed by atoms with van der Waals surface area (Å²) in [7, 11) is 5.12. The third-order valence-corrected chi connectivity index (χ3v) is 4.48. The second-order valence-corrected chi connectivity index (χ2v) is 6.42. The maximum Gasteiger partial charge on any atom is 0.190 e. The molecule has 2 N–H and O–H groups in total. The summed E-state index contributed by atoms with van der Waals surface area (Å²) in [5.74, 6) is 2.48. The maximum absolute atomic E-state index is 5.67. The standard InChI is InChI=1S/C20H33N3O4.HI/c1-21-20(22-10-5-12-26-15-18-6-4-13-27-18)23-11-9-16-14-17(24-2)7-8-19(16)25-3;/h7-8,14,18H,4-6,9-13,15H2,1-3H3,(H2,21,22,23);1H. The highest BCUT2D eigenvalue weighted by molar-refractivity contribution is 14.0. The van der Waals surface area contributed by atoms with Crippen molar-refractivity contribution in [2.24, 2.45) is 4.99 Å². The van der Waals surface area contributed by atoms with Gasteiger partial charge in [0.25, 0.3) is 0 Å². The highest BCUT2D eigenvalue weighted by Gasteiger charge is 2.14. The van der Waals surface area contributed by atoms with E-state index >= 15 is 0 Å². The number of ether oxygens (including phenoxy) is 4. The van der Waals surface area contributed by atoms with Crippen LogP contribution in [0.3, 0.4) is 0 Å². The Kier molecular flexibility index (Phi) is 13.0. The summed E-state index contributed by atoms with van der Waals surface area (Å²) in [6, 6.07) is 5.83. The summed E-state index contributed by atoms with van der Waals surface area (Å²) in [4.78, 5) is 4.25. The van der Waals surface area contributed by atoms with E-state index in [0.717, 1.165) is 75.0 Å². The van der Waals surface area contributed by atoms with Gasteiger partial charge in [-0.3, -0.25) is 4.99 Å². The highest BCUT2D eigenvalue weighted by Crippen LogP contribution is 2.24. The Morgan fingerprint density at radius 1 is 1.21 bits per heavy atom. The molecule has 0 spiro atoms. The van der Waals surface area contributed by atoms with Gasteiger partial charge in [0.2, 0.25) is 0 Å². The summed E-state index contributed by atoms with van der Waals surface area (Å²) >= 11 is 0. The number of hydrogen-bond acceptors (Lipinski definition) is 5. The Morgan fingerprint density at radius 3 is 2.71 bits per heavy atom. The van der Waals surface area contributed by atoms with Gasteiger partial charge in [0.05, 0.1) is 26.9 Å². The number of guanidine groups is 1. The molecule has 1 aromatic rings. The molecular formula is C20H34IN3O4. The molecule has 0 bridgehead atoms. The molecule has 0 aromatic heterocycles. The van der Waals surface area contributed by atoms with Gasteiger partial charge in [-0.05, 0) is 49.4 Å². The molecule has 0 radical (unpaired) electrons. The molecule has 7 nitrogen and oxygen atoms in total. The van der Waals surface area contributed by atoms with Crippen LogP contribution in [0.1, 0.15) is 24.8 Å². The van der Waals surface area contributed by atoms with Crippen LogP contribution in [-0.2, 0) is 15.9 Å². The van der Waals surface area contributed by atoms with E-state index in [1.807, 2.05) is 18.2 Å². The molecule has 8 heteroatoms. The molecule has 1 unspecified atom stereocenters. The van der Waals surface area contributed by atoms with Crippen LogP contribution < -0.4 is 20.1 Å². The molecule has 1 heterocycles. The molecule has 1 aromatic carbocycles. The van der Waals surface area contributed by atoms with Gasteiger partial charge in [0, 0.05) is 33.4 Å². The molecule has 1 aliphatic rings. The molecule has 2 rings (SSSR count). The van der Waals surface area contributed by atoms with E-state index in [4.69, 9.17) is 18.9 Å². The summed E-state index contributed by atoms with van der Waals surface area (Å²) in [5.41, 5.74) is 1.10. The Hall–Kier alpha value is -1.26. The zero-order chi connectivity index (χ0) is 19.3. The van der Waals surface area contributed by atoms with Gasteiger partial charge in [-0.15, -0.1) is 24.0 Å². The van der Waals surface area contributed by atoms with Gasteiger partial charge in [-0.1, -0.05) is 0 Å². The molecular weight excluding hydrogens is 473 g/mol. The largest absolute Gasteiger partial charge is 0.497 e. The first-order valence-electron chi connectivity index (χ1n) is 9.61. The van der Waals surface area contributed by atoms with E-state index in [-0.39, 0.29) is 24.0 Å². The fourth-order valence-corrected chi connectivity index (χ4v) is 2.99. The molecule has 1 aliphatic heterocycles. The van der Waals surface area contributed by atoms with Crippen LogP contribution in [0.2, 0.25) is 0 Å². The number of halogens is 1. The van der Waals surface area contributed by atoms with Crippen molar-refractivity contribution in [2.45, 2.75) is 31.8 Å². The van der Waals surface area contributed by atoms with Crippen LogP contribution in [0.15, 0.2) is 23.2 Å². The van der Waals surface area contributed by atoms with E-state index in [2.05, 4.69) is 15.6 Å². The van der Waals surface area contributed by atoms with E-state index in [9.17, 15) is 0 Å². The number of nitrogens with one attached hydrogen (secondary N) is 2. The summed E-state index contributed by atoms with van der Waals surface area (Å²) < 4.78 is 21.9. The number of benzene rings is 1. The second kappa shape index (κ2) is 14.7. The third-order valence-electron chi connectivity index (χ3n) is 4.48. The van der Waals surface area contributed by atoms with Crippen molar-refractivity contribution in [1.29, 1.82) is 0 Å². The fraction of sp³-hybridized carbons (Fsp3) is 0.650. The Bertz CT molecular complexity index is 581. The Balaban J connectivity index is 0.00000392. The van der Waals surface area contributed by atoms with E-state index in [0.29, 0.717) is 12.7 Å². The average Bonchev–Trinajstić information content (AvgIpc) is 3.22. The maximum atomic E-state index is 5.67. The van der Waals surface area contributed by atoms with Crippen molar-refractivity contribution in [3.8, 4) is 11.5 Å². The van der Waals surface area contributed by atoms with Gasteiger partial charge in [-0.25, -0.2) is 0 Å². The van der Waals surface area contributed by atoms with Gasteiger partial charge >= 0.3 is 0 Å². The quantitative estimate of drug-likeness (QED) is 0.208. The van der Waals surface area contributed by atoms with Crippen LogP contribution in [0.5, 0.6) is 11.5 Å². The molecule has 0 amide bonds. The zero-order valence-corrected chi connectivity index (χ0v) is 19.5. The zero-order valence-electron chi connectivity index (χ0n) is 17.2. The fourth-order valence-electron chi connectivity index (χ4n) is 2.99. The molecule has 0 saturated carbocycles. The van der Waals surface area contributed by atoms with E-state index in [1.165, 1.54) is 0 Å². The smallest absolute Gasteiger partial charge is 0.190 e. The van der Waals surface area contributed by atoms with Crippen LogP contribution in [0.4, 0.5) is 0 Å². The third kappa shape index (κ3) is 8.83. The normalized spacial score (nSPS) is 16.4. The lowest BCUT2D eigenvalue weighted by Crippen LogP contribution is -2.39. The van der Waals surface area contributed by atoms with Crippen molar-refractivity contribution in [1.82, 2.24) is 10.6 Å². The Labute approximate surface area is 185 Å². The molecule has 1 atom stereocenters. The van der Waals surface area contributed by atoms with Gasteiger partial charge in [0.15, 0.2) is 5.96 Å². The number of hydrogen-bond donors (Lipinski definition) is 2. The lowest BCUT2D eigenvalue weighted by Gasteiger charge is -2.14. The number of methoxy groups -OCH3 is 2. The van der Waals surface area contributed by atoms with Crippen molar-refractivity contribution >= 4 is 29.9 Å². The first kappa shape index (κ1) is 24.8. The first-order chi connectivity index (χ1) is 13.3. The predicted molar refractivity (Wildman–Crippen MR) is 122 cm³/mol. The second-order valence-electron chi connectivity index (χ2n) is 6.42. The molecule has 28 heavy (non-hydrogen) atoms. The first-order valence-corrected chi connectivity index (χ1v) is 9.61.